The van der Waals surface area contributed by atoms with E-state index in [1.165, 1.54) is 10.8 Å². The van der Waals surface area contributed by atoms with Crippen molar-refractivity contribution in [1.29, 1.82) is 0 Å². The summed E-state index contributed by atoms with van der Waals surface area (Å²) in [5, 5.41) is 7.54. The van der Waals surface area contributed by atoms with Crippen LogP contribution in [0, 0.1) is 0 Å². The van der Waals surface area contributed by atoms with Crippen LogP contribution in [0.25, 0.3) is 49.6 Å². The number of fused-ring (bicyclic) bond motifs is 8. The molecule has 1 aliphatic heterocycles. The van der Waals surface area contributed by atoms with Gasteiger partial charge < -0.3 is 8.39 Å². The normalized spacial score (nSPS) is 15.0. The van der Waals surface area contributed by atoms with Gasteiger partial charge in [0.05, 0.1) is 16.8 Å². The van der Waals surface area contributed by atoms with E-state index in [0.717, 1.165) is 63.2 Å². The summed E-state index contributed by atoms with van der Waals surface area (Å²) in [7, 11) is -1.56. The SMILES string of the molecule is CCCC[C@@H]1C=Cc2cccc(Cl)c2N1p1oc2ccc3ccccc3c2c2c(ccc3ccccc32)o1. The molecule has 0 bridgehead atoms. The molecule has 0 unspecified atom stereocenters. The maximum atomic E-state index is 6.93. The van der Waals surface area contributed by atoms with Crippen LogP contribution in [0.1, 0.15) is 31.7 Å². The predicted molar refractivity (Wildman–Crippen MR) is 163 cm³/mol. The van der Waals surface area contributed by atoms with Gasteiger partial charge in [-0.15, -0.1) is 0 Å². The van der Waals surface area contributed by atoms with Crippen molar-refractivity contribution >= 4 is 75.0 Å². The molecule has 0 aliphatic carbocycles. The van der Waals surface area contributed by atoms with Crippen molar-refractivity contribution < 1.29 is 8.39 Å². The molecule has 0 spiro atoms. The number of anilines is 1. The van der Waals surface area contributed by atoms with Crippen molar-refractivity contribution in [1.82, 2.24) is 0 Å². The summed E-state index contributed by atoms with van der Waals surface area (Å²) in [6.07, 6.45) is 7.69. The van der Waals surface area contributed by atoms with Crippen LogP contribution in [-0.2, 0) is 0 Å². The number of benzene rings is 5. The van der Waals surface area contributed by atoms with Crippen LogP contribution in [0.15, 0.2) is 105 Å². The second-order valence-electron chi connectivity index (χ2n) is 9.83. The molecule has 1 aliphatic rings. The van der Waals surface area contributed by atoms with Gasteiger partial charge in [0, 0.05) is 10.8 Å². The van der Waals surface area contributed by atoms with E-state index in [9.17, 15) is 0 Å². The number of hydrogen-bond donors (Lipinski definition) is 0. The summed E-state index contributed by atoms with van der Waals surface area (Å²) >= 11 is 6.88. The van der Waals surface area contributed by atoms with Crippen LogP contribution < -0.4 is 4.67 Å². The van der Waals surface area contributed by atoms with E-state index < -0.39 is 8.16 Å². The summed E-state index contributed by atoms with van der Waals surface area (Å²) in [6, 6.07) is 31.7. The number of para-hydroxylation sites is 1. The average Bonchev–Trinajstić information content (AvgIpc) is 3.13. The minimum absolute atomic E-state index is 0.124. The van der Waals surface area contributed by atoms with Crippen LogP contribution >= 0.6 is 19.8 Å². The second-order valence-corrected chi connectivity index (χ2v) is 11.5. The van der Waals surface area contributed by atoms with Crippen molar-refractivity contribution in [2.45, 2.75) is 32.2 Å². The van der Waals surface area contributed by atoms with Crippen molar-refractivity contribution in [2.24, 2.45) is 0 Å². The lowest BCUT2D eigenvalue weighted by Gasteiger charge is -2.33. The second kappa shape index (κ2) is 9.58. The third-order valence-corrected chi connectivity index (χ3v) is 9.33. The van der Waals surface area contributed by atoms with Crippen molar-refractivity contribution in [2.75, 3.05) is 4.67 Å². The molecule has 3 nitrogen and oxygen atoms in total. The van der Waals surface area contributed by atoms with Gasteiger partial charge in [0.1, 0.15) is 11.2 Å². The molecular weight excluding hydrogens is 509 g/mol. The first kappa shape index (κ1) is 23.5. The van der Waals surface area contributed by atoms with Crippen LogP contribution in [0.5, 0.6) is 0 Å². The largest absolute Gasteiger partial charge is 0.404 e. The Bertz CT molecular complexity index is 1810. The minimum atomic E-state index is -1.56. The van der Waals surface area contributed by atoms with Gasteiger partial charge in [-0.05, 0) is 51.7 Å². The monoisotopic (exact) mass is 535 g/mol. The number of hydrogen-bond acceptors (Lipinski definition) is 3. The Morgan fingerprint density at radius 1 is 0.763 bits per heavy atom. The van der Waals surface area contributed by atoms with E-state index in [1.54, 1.807) is 0 Å². The molecule has 38 heavy (non-hydrogen) atoms. The molecule has 1 atom stereocenters. The van der Waals surface area contributed by atoms with E-state index in [1.807, 2.05) is 12.1 Å². The fourth-order valence-electron chi connectivity index (χ4n) is 5.65. The fraction of sp³-hybridized carbons (Fsp3) is 0.152. The Balaban J connectivity index is 1.63. The van der Waals surface area contributed by atoms with Crippen molar-refractivity contribution in [3.8, 4) is 0 Å². The van der Waals surface area contributed by atoms with E-state index in [2.05, 4.69) is 103 Å². The van der Waals surface area contributed by atoms with Crippen molar-refractivity contribution in [3.63, 3.8) is 0 Å². The summed E-state index contributed by atoms with van der Waals surface area (Å²) in [6.45, 7) is 2.23. The molecule has 6 aromatic rings. The van der Waals surface area contributed by atoms with Gasteiger partial charge >= 0.3 is 8.16 Å². The molecule has 0 N–H and O–H groups in total. The molecular formula is C33H27ClNO2P. The number of unbranched alkanes of at least 4 members (excludes halogenated alkanes) is 1. The lowest BCUT2D eigenvalue weighted by atomic mass is 9.99. The Kier molecular flexibility index (Phi) is 5.92. The quantitative estimate of drug-likeness (QED) is 0.225. The van der Waals surface area contributed by atoms with Crippen LogP contribution in [0.2, 0.25) is 5.02 Å². The molecule has 5 heteroatoms. The van der Waals surface area contributed by atoms with Gasteiger partial charge in [-0.2, -0.15) is 0 Å². The molecule has 0 amide bonds. The maximum Gasteiger partial charge on any atom is 0.342 e. The van der Waals surface area contributed by atoms with Crippen molar-refractivity contribution in [3.05, 3.63) is 108 Å². The standard InChI is InChI=1S/C33H27ClNO2P/c1-2-3-12-25-19-16-24-11-8-15-28(34)33(24)35(25)38-36-29-20-17-22-9-4-6-13-26(22)31(29)32-27-14-7-5-10-23(27)18-21-30(32)37-38/h4-11,13-21,25H,2-3,12H2,1H3/t25-/m1/s1. The molecule has 1 aromatic heterocycles. The van der Waals surface area contributed by atoms with Gasteiger partial charge in [0.15, 0.2) is 0 Å². The smallest absolute Gasteiger partial charge is 0.342 e. The first-order valence-corrected chi connectivity index (χ1v) is 14.7. The Labute approximate surface area is 227 Å². The molecule has 5 aromatic carbocycles. The lowest BCUT2D eigenvalue weighted by Crippen LogP contribution is -2.29. The zero-order valence-corrected chi connectivity index (χ0v) is 22.8. The lowest BCUT2D eigenvalue weighted by molar-refractivity contribution is 0.600. The molecule has 2 heterocycles. The molecule has 0 fully saturated rings. The number of rotatable bonds is 4. The average molecular weight is 536 g/mol. The maximum absolute atomic E-state index is 6.93. The highest BCUT2D eigenvalue weighted by atomic mass is 35.5. The highest BCUT2D eigenvalue weighted by molar-refractivity contribution is 7.39. The van der Waals surface area contributed by atoms with Gasteiger partial charge in [0.25, 0.3) is 0 Å². The van der Waals surface area contributed by atoms with Gasteiger partial charge in [0.2, 0.25) is 0 Å². The van der Waals surface area contributed by atoms with Crippen LogP contribution in [0.3, 0.4) is 0 Å². The van der Waals surface area contributed by atoms with E-state index >= 15 is 0 Å². The predicted octanol–water partition coefficient (Wildman–Crippen LogP) is 11.1. The zero-order chi connectivity index (χ0) is 25.6. The third kappa shape index (κ3) is 3.81. The Morgan fingerprint density at radius 3 is 2.03 bits per heavy atom. The molecule has 188 valence electrons. The third-order valence-electron chi connectivity index (χ3n) is 7.47. The summed E-state index contributed by atoms with van der Waals surface area (Å²) in [5.74, 6) is 0. The molecule has 0 saturated heterocycles. The first-order valence-electron chi connectivity index (χ1n) is 13.2. The fourth-order valence-corrected chi connectivity index (χ4v) is 7.66. The van der Waals surface area contributed by atoms with Crippen LogP contribution in [-0.4, -0.2) is 6.04 Å². The van der Waals surface area contributed by atoms with Crippen LogP contribution in [0.4, 0.5) is 5.69 Å². The molecule has 7 rings (SSSR count). The summed E-state index contributed by atoms with van der Waals surface area (Å²) < 4.78 is 16.2. The minimum Gasteiger partial charge on any atom is -0.404 e. The zero-order valence-electron chi connectivity index (χ0n) is 21.1. The number of nitrogens with zero attached hydrogens (tertiary/aromatic N) is 1. The van der Waals surface area contributed by atoms with E-state index in [0.29, 0.717) is 5.02 Å². The summed E-state index contributed by atoms with van der Waals surface area (Å²) in [5.41, 5.74) is 3.74. The number of halogens is 1. The highest BCUT2D eigenvalue weighted by Crippen LogP contribution is 2.50. The highest BCUT2D eigenvalue weighted by Gasteiger charge is 2.30. The van der Waals surface area contributed by atoms with E-state index in [-0.39, 0.29) is 6.04 Å². The van der Waals surface area contributed by atoms with E-state index in [4.69, 9.17) is 20.0 Å². The first-order chi connectivity index (χ1) is 18.7. The van der Waals surface area contributed by atoms with Gasteiger partial charge in [-0.1, -0.05) is 116 Å². The topological polar surface area (TPSA) is 29.5 Å². The van der Waals surface area contributed by atoms with Gasteiger partial charge in [-0.3, -0.25) is 4.67 Å². The molecule has 0 radical (unpaired) electrons. The Morgan fingerprint density at radius 2 is 1.39 bits per heavy atom. The summed E-state index contributed by atoms with van der Waals surface area (Å²) in [4.78, 5) is 0. The van der Waals surface area contributed by atoms with Gasteiger partial charge in [-0.25, -0.2) is 0 Å². The Hall–Kier alpha value is -3.65. The molecule has 0 saturated carbocycles.